The molecular weight excluding hydrogens is 608 g/mol. The first-order chi connectivity index (χ1) is 22.9. The van der Waals surface area contributed by atoms with Gasteiger partial charge in [0.2, 0.25) is 11.9 Å². The number of nitrogens with zero attached hydrogens (tertiary/aromatic N) is 4. The number of benzene rings is 3. The maximum absolute atomic E-state index is 15.3. The molecule has 244 valence electrons. The highest BCUT2D eigenvalue weighted by atomic mass is 19.1. The Kier molecular flexibility index (Phi) is 9.74. The molecule has 3 N–H and O–H groups in total. The van der Waals surface area contributed by atoms with Crippen molar-refractivity contribution in [1.29, 1.82) is 0 Å². The zero-order valence-electron chi connectivity index (χ0n) is 25.9. The maximum atomic E-state index is 15.3. The van der Waals surface area contributed by atoms with Crippen molar-refractivity contribution < 1.29 is 27.8 Å². The van der Waals surface area contributed by atoms with Gasteiger partial charge < -0.3 is 40.0 Å². The summed E-state index contributed by atoms with van der Waals surface area (Å²) in [6.07, 6.45) is 2.62. The second-order valence-electron chi connectivity index (χ2n) is 10.8. The number of halogens is 2. The van der Waals surface area contributed by atoms with Gasteiger partial charge in [-0.25, -0.2) is 18.7 Å². The molecule has 2 aliphatic rings. The number of aromatic nitrogens is 2. The van der Waals surface area contributed by atoms with Crippen LogP contribution in [0.2, 0.25) is 0 Å². The zero-order chi connectivity index (χ0) is 32.8. The highest BCUT2D eigenvalue weighted by molar-refractivity contribution is 5.99. The molecule has 0 aliphatic carbocycles. The van der Waals surface area contributed by atoms with Gasteiger partial charge in [0.1, 0.15) is 17.4 Å². The normalized spacial score (nSPS) is 14.8. The molecule has 0 radical (unpaired) electrons. The van der Waals surface area contributed by atoms with Gasteiger partial charge in [-0.1, -0.05) is 6.58 Å². The molecule has 0 unspecified atom stereocenters. The van der Waals surface area contributed by atoms with E-state index in [9.17, 15) is 9.18 Å². The smallest absolute Gasteiger partial charge is 0.247 e. The Labute approximate surface area is 271 Å². The molecule has 1 amide bonds. The highest BCUT2D eigenvalue weighted by Crippen LogP contribution is 2.35. The fraction of sp³-hybridized carbons (Fsp3) is 0.265. The topological polar surface area (TPSA) is 113 Å². The standard InChI is InChI=1S/C34H35F2N7O4/c1-3-32(44)40-27-18-22(4-7-25(27)35)33-28(38-23-5-8-29(26(36)19-23)42-10-14-46-15-11-42)21-37-34(41-33)39-24-6-9-31(45-2)30(20-24)43-12-16-47-17-13-43/h3-9,18-21,38H,1,10-17H2,2H3,(H,40,44)(H,37,39,41). The van der Waals surface area contributed by atoms with E-state index in [1.54, 1.807) is 31.5 Å². The van der Waals surface area contributed by atoms with E-state index in [-0.39, 0.29) is 17.5 Å². The third-order valence-corrected chi connectivity index (χ3v) is 7.84. The Morgan fingerprint density at radius 2 is 1.53 bits per heavy atom. The monoisotopic (exact) mass is 643 g/mol. The van der Waals surface area contributed by atoms with Crippen molar-refractivity contribution in [2.24, 2.45) is 0 Å². The summed E-state index contributed by atoms with van der Waals surface area (Å²) in [7, 11) is 1.63. The van der Waals surface area contributed by atoms with Crippen LogP contribution in [-0.2, 0) is 14.3 Å². The number of hydrogen-bond acceptors (Lipinski definition) is 10. The van der Waals surface area contributed by atoms with Crippen molar-refractivity contribution in [2.45, 2.75) is 0 Å². The van der Waals surface area contributed by atoms with E-state index in [1.165, 1.54) is 18.2 Å². The summed E-state index contributed by atoms with van der Waals surface area (Å²) in [4.78, 5) is 25.4. The van der Waals surface area contributed by atoms with Crippen LogP contribution in [0.25, 0.3) is 11.3 Å². The second kappa shape index (κ2) is 14.4. The number of rotatable bonds is 10. The summed E-state index contributed by atoms with van der Waals surface area (Å²) in [5.41, 5.74) is 3.84. The largest absolute Gasteiger partial charge is 0.495 e. The fourth-order valence-corrected chi connectivity index (χ4v) is 5.45. The average molecular weight is 644 g/mol. The predicted molar refractivity (Wildman–Crippen MR) is 178 cm³/mol. The van der Waals surface area contributed by atoms with Gasteiger partial charge >= 0.3 is 0 Å². The number of methoxy groups -OCH3 is 1. The number of morpholine rings is 2. The minimum atomic E-state index is -0.625. The van der Waals surface area contributed by atoms with Gasteiger partial charge in [0.15, 0.2) is 0 Å². The van der Waals surface area contributed by atoms with Crippen LogP contribution in [0.1, 0.15) is 0 Å². The summed E-state index contributed by atoms with van der Waals surface area (Å²) < 4.78 is 46.5. The van der Waals surface area contributed by atoms with E-state index in [0.29, 0.717) is 67.8 Å². The van der Waals surface area contributed by atoms with Crippen molar-refractivity contribution in [1.82, 2.24) is 9.97 Å². The number of nitrogens with one attached hydrogen (secondary N) is 3. The summed E-state index contributed by atoms with van der Waals surface area (Å²) in [6, 6.07) is 14.8. The molecular formula is C34H35F2N7O4. The first kappa shape index (κ1) is 31.7. The molecule has 4 aromatic rings. The van der Waals surface area contributed by atoms with E-state index >= 15 is 4.39 Å². The van der Waals surface area contributed by atoms with Gasteiger partial charge in [-0.3, -0.25) is 4.79 Å². The van der Waals surface area contributed by atoms with Crippen molar-refractivity contribution in [3.8, 4) is 17.0 Å². The van der Waals surface area contributed by atoms with Crippen LogP contribution in [0.15, 0.2) is 73.4 Å². The summed E-state index contributed by atoms with van der Waals surface area (Å²) in [5, 5.41) is 8.96. The minimum Gasteiger partial charge on any atom is -0.495 e. The summed E-state index contributed by atoms with van der Waals surface area (Å²) >= 11 is 0. The van der Waals surface area contributed by atoms with Crippen LogP contribution in [0, 0.1) is 11.6 Å². The van der Waals surface area contributed by atoms with Crippen molar-refractivity contribution >= 4 is 46.0 Å². The molecule has 3 heterocycles. The molecule has 0 bridgehead atoms. The third kappa shape index (κ3) is 7.42. The van der Waals surface area contributed by atoms with E-state index < -0.39 is 11.7 Å². The van der Waals surface area contributed by atoms with Crippen molar-refractivity contribution in [3.05, 3.63) is 85.1 Å². The van der Waals surface area contributed by atoms with Crippen LogP contribution >= 0.6 is 0 Å². The van der Waals surface area contributed by atoms with E-state index in [1.807, 2.05) is 23.1 Å². The van der Waals surface area contributed by atoms with Gasteiger partial charge in [0.05, 0.1) is 68.2 Å². The Bertz CT molecular complexity index is 1760. The lowest BCUT2D eigenvalue weighted by Crippen LogP contribution is -2.36. The van der Waals surface area contributed by atoms with Crippen LogP contribution in [0.3, 0.4) is 0 Å². The fourth-order valence-electron chi connectivity index (χ4n) is 5.45. The summed E-state index contributed by atoms with van der Waals surface area (Å²) in [5.74, 6) is -0.579. The van der Waals surface area contributed by atoms with Crippen LogP contribution in [0.5, 0.6) is 5.75 Å². The van der Waals surface area contributed by atoms with Gasteiger partial charge in [-0.15, -0.1) is 0 Å². The number of amides is 1. The van der Waals surface area contributed by atoms with E-state index in [4.69, 9.17) is 19.2 Å². The Hall–Kier alpha value is -5.27. The SMILES string of the molecule is C=CC(=O)Nc1cc(-c2nc(Nc3ccc(OC)c(N4CCOCC4)c3)ncc2Nc2ccc(N3CCOCC3)c(F)c2)ccc1F. The molecule has 47 heavy (non-hydrogen) atoms. The maximum Gasteiger partial charge on any atom is 0.247 e. The number of carbonyl (C=O) groups excluding carboxylic acids is 1. The van der Waals surface area contributed by atoms with Gasteiger partial charge in [0, 0.05) is 43.1 Å². The third-order valence-electron chi connectivity index (χ3n) is 7.84. The van der Waals surface area contributed by atoms with E-state index in [2.05, 4.69) is 32.4 Å². The molecule has 0 atom stereocenters. The molecule has 1 aromatic heterocycles. The first-order valence-corrected chi connectivity index (χ1v) is 15.2. The minimum absolute atomic E-state index is 0.0438. The Morgan fingerprint density at radius 1 is 0.851 bits per heavy atom. The lowest BCUT2D eigenvalue weighted by molar-refractivity contribution is -0.111. The molecule has 0 spiro atoms. The van der Waals surface area contributed by atoms with Gasteiger partial charge in [0.25, 0.3) is 0 Å². The highest BCUT2D eigenvalue weighted by Gasteiger charge is 2.19. The van der Waals surface area contributed by atoms with Gasteiger partial charge in [-0.2, -0.15) is 0 Å². The second-order valence-corrected chi connectivity index (χ2v) is 10.8. The molecule has 11 nitrogen and oxygen atoms in total. The molecule has 2 fully saturated rings. The van der Waals surface area contributed by atoms with Crippen molar-refractivity contribution in [3.63, 3.8) is 0 Å². The Balaban J connectivity index is 1.34. The molecule has 2 aliphatic heterocycles. The molecule has 2 saturated heterocycles. The van der Waals surface area contributed by atoms with E-state index in [0.717, 1.165) is 36.3 Å². The van der Waals surface area contributed by atoms with Crippen molar-refractivity contribution in [2.75, 3.05) is 85.5 Å². The lowest BCUT2D eigenvalue weighted by Gasteiger charge is -2.30. The number of hydrogen-bond donors (Lipinski definition) is 3. The lowest BCUT2D eigenvalue weighted by atomic mass is 10.1. The molecule has 3 aromatic carbocycles. The molecule has 6 rings (SSSR count). The number of carbonyl (C=O) groups is 1. The Morgan fingerprint density at radius 3 is 2.21 bits per heavy atom. The van der Waals surface area contributed by atoms with Gasteiger partial charge in [-0.05, 0) is 60.7 Å². The molecule has 13 heteroatoms. The van der Waals surface area contributed by atoms with Crippen LogP contribution < -0.4 is 30.5 Å². The van der Waals surface area contributed by atoms with Crippen LogP contribution in [-0.4, -0.2) is 75.6 Å². The average Bonchev–Trinajstić information content (AvgIpc) is 3.10. The number of anilines is 7. The number of ether oxygens (including phenoxy) is 3. The first-order valence-electron chi connectivity index (χ1n) is 15.2. The zero-order valence-corrected chi connectivity index (χ0v) is 25.9. The molecule has 0 saturated carbocycles. The predicted octanol–water partition coefficient (Wildman–Crippen LogP) is 5.72. The summed E-state index contributed by atoms with van der Waals surface area (Å²) in [6.45, 7) is 8.42. The quantitative estimate of drug-likeness (QED) is 0.186. The van der Waals surface area contributed by atoms with Crippen LogP contribution in [0.4, 0.5) is 48.9 Å².